The zero-order valence-electron chi connectivity index (χ0n) is 29.4. The van der Waals surface area contributed by atoms with E-state index in [1.54, 1.807) is 0 Å². The Labute approximate surface area is 285 Å². The second kappa shape index (κ2) is 29.1. The second-order valence-corrected chi connectivity index (χ2v) is 13.8. The number of carbonyl (C=O) groups excluding carboxylic acids is 3. The van der Waals surface area contributed by atoms with Crippen molar-refractivity contribution >= 4 is 29.6 Å². The number of hydrogen-bond acceptors (Lipinski definition) is 7. The molecule has 3 N–H and O–H groups in total. The number of nitrogens with two attached hydrogens (primary N) is 1. The maximum atomic E-state index is 12.7. The first kappa shape index (κ1) is 42.0. The van der Waals surface area contributed by atoms with Gasteiger partial charge in [0.05, 0.1) is 12.1 Å². The first-order valence-corrected chi connectivity index (χ1v) is 19.6. The number of thioether (sulfide) groups is 1. The normalized spacial score (nSPS) is 13.1. The Balaban J connectivity index is 2.43. The topological polar surface area (TPSA) is 108 Å². The van der Waals surface area contributed by atoms with E-state index in [4.69, 9.17) is 15.2 Å². The lowest BCUT2D eigenvalue weighted by molar-refractivity contribution is -0.157. The summed E-state index contributed by atoms with van der Waals surface area (Å²) in [5, 5.41) is 2.97. The summed E-state index contributed by atoms with van der Waals surface area (Å²) in [6, 6.07) is 8.90. The highest BCUT2D eigenvalue weighted by Gasteiger charge is 2.21. The van der Waals surface area contributed by atoms with Crippen LogP contribution in [0.3, 0.4) is 0 Å². The van der Waals surface area contributed by atoms with E-state index in [0.717, 1.165) is 44.1 Å². The van der Waals surface area contributed by atoms with Crippen molar-refractivity contribution in [2.24, 2.45) is 5.73 Å². The molecule has 1 amide bonds. The van der Waals surface area contributed by atoms with E-state index in [2.05, 4.69) is 19.2 Å². The Bertz CT molecular complexity index is 900. The molecule has 0 aliphatic rings. The van der Waals surface area contributed by atoms with Crippen LogP contribution in [0.15, 0.2) is 30.3 Å². The molecule has 1 unspecified atom stereocenters. The van der Waals surface area contributed by atoms with Crippen molar-refractivity contribution in [2.75, 3.05) is 18.1 Å². The van der Waals surface area contributed by atoms with Gasteiger partial charge in [-0.25, -0.2) is 0 Å². The zero-order valence-corrected chi connectivity index (χ0v) is 30.2. The standard InChI is InChI=1S/C38H66N2O5S/c1-4-6-8-10-12-14-16-18-23-27-36(41)44-29-34(45-37(42)28-24-19-17-15-13-11-9-7-5-2)30-46-31-35(39)38(43)40-32(3)33-25-21-20-22-26-33/h20-22,25-26,32,34-35H,4-19,23-24,27-31,39H2,1-3H3,(H,40,43)/t32?,34-,35+/m1/s1. The number of esters is 2. The molecule has 1 aromatic rings. The SMILES string of the molecule is CCCCCCCCCCCC(=O)OC[C@H](CSC[C@H](N)C(=O)NC(C)c1ccccc1)OC(=O)CCCCCCCCCCC. The third-order valence-electron chi connectivity index (χ3n) is 8.29. The number of ether oxygens (including phenoxy) is 2. The molecule has 0 spiro atoms. The van der Waals surface area contributed by atoms with E-state index >= 15 is 0 Å². The number of carbonyl (C=O) groups is 3. The highest BCUT2D eigenvalue weighted by Crippen LogP contribution is 2.16. The molecule has 46 heavy (non-hydrogen) atoms. The van der Waals surface area contributed by atoms with E-state index in [1.165, 1.54) is 88.8 Å². The van der Waals surface area contributed by atoms with Gasteiger partial charge < -0.3 is 20.5 Å². The van der Waals surface area contributed by atoms with Crippen LogP contribution < -0.4 is 11.1 Å². The number of benzene rings is 1. The molecular weight excluding hydrogens is 596 g/mol. The molecule has 0 saturated carbocycles. The van der Waals surface area contributed by atoms with Crippen LogP contribution in [-0.4, -0.2) is 48.1 Å². The largest absolute Gasteiger partial charge is 0.462 e. The first-order valence-electron chi connectivity index (χ1n) is 18.4. The lowest BCUT2D eigenvalue weighted by Gasteiger charge is -2.20. The summed E-state index contributed by atoms with van der Waals surface area (Å²) < 4.78 is 11.3. The van der Waals surface area contributed by atoms with Crippen LogP contribution in [0.1, 0.15) is 161 Å². The summed E-state index contributed by atoms with van der Waals surface area (Å²) in [5.74, 6) is 0.0344. The zero-order chi connectivity index (χ0) is 33.7. The average Bonchev–Trinajstić information content (AvgIpc) is 3.05. The van der Waals surface area contributed by atoms with E-state index in [9.17, 15) is 14.4 Å². The summed E-state index contributed by atoms with van der Waals surface area (Å²) in [4.78, 5) is 37.8. The molecule has 0 saturated heterocycles. The highest BCUT2D eigenvalue weighted by molar-refractivity contribution is 7.99. The van der Waals surface area contributed by atoms with Gasteiger partial charge >= 0.3 is 11.9 Å². The van der Waals surface area contributed by atoms with Crippen LogP contribution in [0.5, 0.6) is 0 Å². The molecule has 0 aromatic heterocycles. The van der Waals surface area contributed by atoms with Crippen molar-refractivity contribution in [1.29, 1.82) is 0 Å². The predicted molar refractivity (Wildman–Crippen MR) is 193 cm³/mol. The van der Waals surface area contributed by atoms with Gasteiger partial charge in [0.2, 0.25) is 5.91 Å². The molecule has 1 rings (SSSR count). The fourth-order valence-corrected chi connectivity index (χ4v) is 6.30. The Morgan fingerprint density at radius 2 is 1.17 bits per heavy atom. The smallest absolute Gasteiger partial charge is 0.306 e. The summed E-state index contributed by atoms with van der Waals surface area (Å²) >= 11 is 1.44. The van der Waals surface area contributed by atoms with Gasteiger partial charge in [-0.15, -0.1) is 0 Å². The minimum atomic E-state index is -0.705. The summed E-state index contributed by atoms with van der Waals surface area (Å²) in [6.45, 7) is 6.42. The average molecular weight is 663 g/mol. The van der Waals surface area contributed by atoms with Gasteiger partial charge in [0, 0.05) is 24.3 Å². The summed E-state index contributed by atoms with van der Waals surface area (Å²) in [5.41, 5.74) is 7.20. The molecule has 264 valence electrons. The fourth-order valence-electron chi connectivity index (χ4n) is 5.33. The first-order chi connectivity index (χ1) is 22.4. The van der Waals surface area contributed by atoms with Crippen molar-refractivity contribution in [1.82, 2.24) is 5.32 Å². The van der Waals surface area contributed by atoms with Gasteiger partial charge in [-0.05, 0) is 25.3 Å². The van der Waals surface area contributed by atoms with Crippen molar-refractivity contribution in [3.8, 4) is 0 Å². The minimum Gasteiger partial charge on any atom is -0.462 e. The van der Waals surface area contributed by atoms with E-state index < -0.39 is 12.1 Å². The van der Waals surface area contributed by atoms with Gasteiger partial charge in [-0.3, -0.25) is 14.4 Å². The molecule has 0 fully saturated rings. The maximum absolute atomic E-state index is 12.7. The molecule has 8 heteroatoms. The van der Waals surface area contributed by atoms with Crippen LogP contribution in [0.2, 0.25) is 0 Å². The van der Waals surface area contributed by atoms with E-state index in [-0.39, 0.29) is 30.5 Å². The molecule has 0 radical (unpaired) electrons. The Morgan fingerprint density at radius 3 is 1.70 bits per heavy atom. The maximum Gasteiger partial charge on any atom is 0.306 e. The Hall–Kier alpha value is -2.06. The van der Waals surface area contributed by atoms with E-state index in [1.807, 2.05) is 37.3 Å². The summed E-state index contributed by atoms with van der Waals surface area (Å²) in [6.07, 6.45) is 21.5. The summed E-state index contributed by atoms with van der Waals surface area (Å²) in [7, 11) is 0. The van der Waals surface area contributed by atoms with Gasteiger partial charge in [-0.2, -0.15) is 11.8 Å². The van der Waals surface area contributed by atoms with Crippen LogP contribution in [0, 0.1) is 0 Å². The van der Waals surface area contributed by atoms with Crippen LogP contribution >= 0.6 is 11.8 Å². The van der Waals surface area contributed by atoms with Gasteiger partial charge in [0.15, 0.2) is 0 Å². The molecule has 0 aliphatic heterocycles. The molecule has 0 aliphatic carbocycles. The predicted octanol–water partition coefficient (Wildman–Crippen LogP) is 9.22. The molecule has 0 heterocycles. The molecular formula is C38H66N2O5S. The number of hydrogen-bond donors (Lipinski definition) is 2. The number of nitrogens with one attached hydrogen (secondary N) is 1. The van der Waals surface area contributed by atoms with Gasteiger partial charge in [0.25, 0.3) is 0 Å². The quantitative estimate of drug-likeness (QED) is 0.0625. The number of amides is 1. The second-order valence-electron chi connectivity index (χ2n) is 12.7. The van der Waals surface area contributed by atoms with Crippen molar-refractivity contribution in [3.63, 3.8) is 0 Å². The molecule has 7 nitrogen and oxygen atoms in total. The monoisotopic (exact) mass is 662 g/mol. The van der Waals surface area contributed by atoms with Crippen molar-refractivity contribution in [2.45, 2.75) is 167 Å². The molecule has 1 aromatic carbocycles. The van der Waals surface area contributed by atoms with Crippen molar-refractivity contribution in [3.05, 3.63) is 35.9 Å². The fraction of sp³-hybridized carbons (Fsp3) is 0.763. The van der Waals surface area contributed by atoms with Crippen LogP contribution in [0.25, 0.3) is 0 Å². The van der Waals surface area contributed by atoms with E-state index in [0.29, 0.717) is 24.3 Å². The molecule has 0 bridgehead atoms. The van der Waals surface area contributed by atoms with Crippen LogP contribution in [-0.2, 0) is 23.9 Å². The molecule has 3 atom stereocenters. The highest BCUT2D eigenvalue weighted by atomic mass is 32.2. The third kappa shape index (κ3) is 23.3. The number of rotatable bonds is 30. The Morgan fingerprint density at radius 1 is 0.696 bits per heavy atom. The number of unbranched alkanes of at least 4 members (excludes halogenated alkanes) is 16. The van der Waals surface area contributed by atoms with Crippen LogP contribution in [0.4, 0.5) is 0 Å². The third-order valence-corrected chi connectivity index (χ3v) is 9.50. The van der Waals surface area contributed by atoms with Gasteiger partial charge in [0.1, 0.15) is 12.7 Å². The lowest BCUT2D eigenvalue weighted by atomic mass is 10.1. The lowest BCUT2D eigenvalue weighted by Crippen LogP contribution is -2.43. The Kier molecular flexibility index (Phi) is 26.6. The van der Waals surface area contributed by atoms with Gasteiger partial charge in [-0.1, -0.05) is 147 Å². The minimum absolute atomic E-state index is 0.0270. The van der Waals surface area contributed by atoms with Crippen molar-refractivity contribution < 1.29 is 23.9 Å².